The zero-order valence-corrected chi connectivity index (χ0v) is 27.0. The number of halogens is 3. The number of aliphatic imine (C=N–C) groups is 1. The minimum atomic E-state index is -2.81. The summed E-state index contributed by atoms with van der Waals surface area (Å²) in [6.45, 7) is 2.68. The molecule has 15 nitrogen and oxygen atoms in total. The highest BCUT2D eigenvalue weighted by Crippen LogP contribution is 2.45. The van der Waals surface area contributed by atoms with Gasteiger partial charge in [-0.3, -0.25) is 24.6 Å². The van der Waals surface area contributed by atoms with Crippen molar-refractivity contribution >= 4 is 75.3 Å². The maximum Gasteiger partial charge on any atom is 0.414 e. The van der Waals surface area contributed by atoms with E-state index >= 15 is 0 Å². The zero-order chi connectivity index (χ0) is 33.9. The van der Waals surface area contributed by atoms with E-state index in [9.17, 15) is 29.4 Å². The molecule has 0 aromatic heterocycles. The Bertz CT molecular complexity index is 1700. The van der Waals surface area contributed by atoms with Crippen molar-refractivity contribution in [2.75, 3.05) is 26.8 Å². The third-order valence-corrected chi connectivity index (χ3v) is 8.96. The molecule has 250 valence electrons. The second kappa shape index (κ2) is 11.9. The number of nitrogens with zero attached hydrogens (tertiary/aromatic N) is 3. The molecule has 0 radical (unpaired) electrons. The number of fused-ring (bicyclic) bond motifs is 1. The number of ether oxygens (including phenoxy) is 2. The average Bonchev–Trinajstić information content (AvgIpc) is 3.61. The van der Waals surface area contributed by atoms with Gasteiger partial charge < -0.3 is 40.5 Å². The molecule has 3 fully saturated rings. The van der Waals surface area contributed by atoms with Crippen molar-refractivity contribution in [1.29, 1.82) is 0 Å². The van der Waals surface area contributed by atoms with E-state index in [4.69, 9.17) is 44.3 Å². The van der Waals surface area contributed by atoms with E-state index < -0.39 is 63.8 Å². The second-order valence-corrected chi connectivity index (χ2v) is 14.0. The van der Waals surface area contributed by atoms with Crippen LogP contribution in [0, 0.1) is 0 Å². The molecule has 1 spiro atoms. The van der Waals surface area contributed by atoms with E-state index in [1.165, 1.54) is 12.0 Å². The van der Waals surface area contributed by atoms with E-state index in [1.807, 2.05) is 12.1 Å². The van der Waals surface area contributed by atoms with E-state index in [1.54, 1.807) is 24.3 Å². The number of carbonyl (C=O) groups excluding carboxylic acids is 4. The van der Waals surface area contributed by atoms with E-state index in [2.05, 4.69) is 32.8 Å². The van der Waals surface area contributed by atoms with Gasteiger partial charge in [-0.2, -0.15) is 0 Å². The van der Waals surface area contributed by atoms with Gasteiger partial charge in [-0.1, -0.05) is 71.7 Å². The minimum absolute atomic E-state index is 0.0136. The number of hydrogen-bond acceptors (Lipinski definition) is 12. The number of alkyl halides is 3. The molecule has 4 amide bonds. The molecule has 4 atom stereocenters. The molecule has 18 heteroatoms. The Morgan fingerprint density at radius 1 is 1.15 bits per heavy atom. The van der Waals surface area contributed by atoms with Gasteiger partial charge in [-0.05, 0) is 16.8 Å². The Hall–Kier alpha value is -4.02. The Labute approximate surface area is 282 Å². The Morgan fingerprint density at radius 2 is 1.85 bits per heavy atom. The molecule has 0 saturated carbocycles. The highest BCUT2D eigenvalue weighted by atomic mass is 35.6. The van der Waals surface area contributed by atoms with Crippen LogP contribution < -0.4 is 26.0 Å². The molecule has 4 heterocycles. The van der Waals surface area contributed by atoms with Crippen molar-refractivity contribution in [1.82, 2.24) is 31.1 Å². The molecule has 0 bridgehead atoms. The topological polar surface area (TPSA) is 194 Å². The lowest BCUT2D eigenvalue weighted by molar-refractivity contribution is -0.231. The lowest BCUT2D eigenvalue weighted by Crippen LogP contribution is -2.78. The first kappa shape index (κ1) is 32.9. The summed E-state index contributed by atoms with van der Waals surface area (Å²) in [5.41, 5.74) is -1.80. The van der Waals surface area contributed by atoms with Crippen LogP contribution in [-0.4, -0.2) is 110 Å². The summed E-state index contributed by atoms with van der Waals surface area (Å²) >= 11 is 17.2. The highest BCUT2D eigenvalue weighted by molar-refractivity contribution is 6.67. The monoisotopic (exact) mass is 709 g/mol. The summed E-state index contributed by atoms with van der Waals surface area (Å²) in [6.07, 6.45) is -1.07. The number of nitrogens with one attached hydrogen (secondary N) is 4. The van der Waals surface area contributed by atoms with Gasteiger partial charge in [0, 0.05) is 19.4 Å². The van der Waals surface area contributed by atoms with Crippen LogP contribution in [0.5, 0.6) is 5.75 Å². The molecule has 2 aromatic rings. The lowest BCUT2D eigenvalue weighted by Gasteiger charge is -2.49. The third-order valence-electron chi connectivity index (χ3n) is 8.64. The quantitative estimate of drug-likeness (QED) is 0.140. The van der Waals surface area contributed by atoms with Crippen LogP contribution in [0.15, 0.2) is 53.8 Å². The van der Waals surface area contributed by atoms with Crippen LogP contribution in [0.1, 0.15) is 23.2 Å². The van der Waals surface area contributed by atoms with Crippen LogP contribution in [0.4, 0.5) is 4.79 Å². The number of benzene rings is 2. The first-order chi connectivity index (χ1) is 22.2. The third kappa shape index (κ3) is 5.65. The van der Waals surface area contributed by atoms with Crippen molar-refractivity contribution in [2.24, 2.45) is 4.99 Å². The highest BCUT2D eigenvalue weighted by Gasteiger charge is 2.74. The van der Waals surface area contributed by atoms with Gasteiger partial charge in [-0.15, -0.1) is 0 Å². The maximum absolute atomic E-state index is 13.9. The smallest absolute Gasteiger partial charge is 0.414 e. The number of methoxy groups -OCH3 is 1. The number of amides is 4. The van der Waals surface area contributed by atoms with Gasteiger partial charge in [0.25, 0.3) is 5.91 Å². The largest absolute Gasteiger partial charge is 0.496 e. The van der Waals surface area contributed by atoms with Gasteiger partial charge in [0.1, 0.15) is 18.4 Å². The number of imide groups is 1. The molecule has 4 aliphatic rings. The summed E-state index contributed by atoms with van der Waals surface area (Å²) < 4.78 is 8.57. The predicted octanol–water partition coefficient (Wildman–Crippen LogP) is 0.656. The van der Waals surface area contributed by atoms with Crippen LogP contribution in [0.25, 0.3) is 10.8 Å². The average molecular weight is 711 g/mol. The first-order valence-electron chi connectivity index (χ1n) is 14.4. The van der Waals surface area contributed by atoms with Crippen molar-refractivity contribution in [2.45, 2.75) is 46.2 Å². The number of carbonyl (C=O) groups is 4. The molecule has 0 unspecified atom stereocenters. The number of alkyl carbamates (subject to hydrolysis) is 1. The number of likely N-dealkylation sites (tertiary alicyclic amines) is 1. The first-order valence-corrected chi connectivity index (χ1v) is 15.5. The number of hydrogen-bond donors (Lipinski definition) is 6. The molecular formula is C29H30Cl3N7O8. The zero-order valence-electron chi connectivity index (χ0n) is 24.8. The minimum Gasteiger partial charge on any atom is -0.496 e. The fourth-order valence-corrected chi connectivity index (χ4v) is 6.77. The van der Waals surface area contributed by atoms with Gasteiger partial charge in [0.05, 0.1) is 37.1 Å². The Balaban J connectivity index is 1.38. The summed E-state index contributed by atoms with van der Waals surface area (Å²) in [4.78, 5) is 58.9. The summed E-state index contributed by atoms with van der Waals surface area (Å²) in [5.74, 6) is -4.17. The SMILES string of the molecule is C=C1N[C@H]2[C@H](CN3C(=O)CCC3=O)N=C(NC(=O)OCC(Cl)(Cl)Cl)N3C[C@H](NC(=O)c4c(OC)ccc5ccccc45)C(O)(O)[C@]23N1. The van der Waals surface area contributed by atoms with Crippen LogP contribution in [-0.2, 0) is 14.3 Å². The molecule has 47 heavy (non-hydrogen) atoms. The molecule has 3 saturated heterocycles. The normalized spacial score (nSPS) is 26.3. The van der Waals surface area contributed by atoms with Crippen LogP contribution in [0.2, 0.25) is 0 Å². The number of aliphatic hydroxyl groups is 2. The maximum atomic E-state index is 13.9. The van der Waals surface area contributed by atoms with Crippen molar-refractivity contribution in [3.05, 3.63) is 54.4 Å². The standard InChI is InChI=1S/C29H30Cl3N7O8/c1-14-33-23-17(11-38-20(40)9-10-21(38)41)34-25(36-26(43)47-13-27(30,31)32)39-12-19(29(44,45)28(23,39)37-14)35-24(42)22-16-6-4-3-5-15(16)7-8-18(22)46-2/h3-8,17,19,23,33,37,44-45H,1,9-13H2,2H3,(H,35,42)(H,34,36,43)/t17-,19-,23-,28-/m0/s1. The van der Waals surface area contributed by atoms with Crippen molar-refractivity contribution < 1.29 is 38.9 Å². The predicted molar refractivity (Wildman–Crippen MR) is 170 cm³/mol. The van der Waals surface area contributed by atoms with Crippen molar-refractivity contribution in [3.63, 3.8) is 0 Å². The summed E-state index contributed by atoms with van der Waals surface area (Å²) in [7, 11) is 1.41. The van der Waals surface area contributed by atoms with Crippen molar-refractivity contribution in [3.8, 4) is 5.75 Å². The van der Waals surface area contributed by atoms with E-state index in [0.717, 1.165) is 10.3 Å². The lowest BCUT2D eigenvalue weighted by atomic mass is 9.85. The van der Waals surface area contributed by atoms with Gasteiger partial charge in [0.15, 0.2) is 5.66 Å². The van der Waals surface area contributed by atoms with Crippen LogP contribution >= 0.6 is 34.8 Å². The molecular weight excluding hydrogens is 681 g/mol. The summed E-state index contributed by atoms with van der Waals surface area (Å²) in [5, 5.41) is 36.6. The molecule has 4 aliphatic heterocycles. The fourth-order valence-electron chi connectivity index (χ4n) is 6.61. The summed E-state index contributed by atoms with van der Waals surface area (Å²) in [6, 6.07) is 7.00. The number of rotatable bonds is 6. The fraction of sp³-hybridized carbons (Fsp3) is 0.414. The molecule has 2 aromatic carbocycles. The molecule has 6 rings (SSSR count). The van der Waals surface area contributed by atoms with E-state index in [-0.39, 0.29) is 49.0 Å². The molecule has 6 N–H and O–H groups in total. The van der Waals surface area contributed by atoms with Gasteiger partial charge in [0.2, 0.25) is 27.4 Å². The van der Waals surface area contributed by atoms with Gasteiger partial charge >= 0.3 is 6.09 Å². The van der Waals surface area contributed by atoms with Gasteiger partial charge in [-0.25, -0.2) is 9.79 Å². The molecule has 0 aliphatic carbocycles. The number of guanidine groups is 1. The second-order valence-electron chi connectivity index (χ2n) is 11.5. The van der Waals surface area contributed by atoms with E-state index in [0.29, 0.717) is 5.39 Å². The Morgan fingerprint density at radius 3 is 2.53 bits per heavy atom. The van der Waals surface area contributed by atoms with Crippen LogP contribution in [0.3, 0.4) is 0 Å². The Kier molecular flexibility index (Phi) is 8.33.